The zero-order valence-corrected chi connectivity index (χ0v) is 12.2. The maximum absolute atomic E-state index is 11.8. The lowest BCUT2D eigenvalue weighted by Crippen LogP contribution is -2.43. The first kappa shape index (κ1) is 14.2. The molecule has 0 saturated carbocycles. The first-order valence-corrected chi connectivity index (χ1v) is 6.40. The van der Waals surface area contributed by atoms with E-state index in [1.54, 1.807) is 0 Å². The quantitative estimate of drug-likeness (QED) is 0.833. The predicted molar refractivity (Wildman–Crippen MR) is 73.5 cm³/mol. The van der Waals surface area contributed by atoms with Gasteiger partial charge in [0.2, 0.25) is 0 Å². The molecule has 0 bridgehead atoms. The van der Waals surface area contributed by atoms with Gasteiger partial charge in [0.15, 0.2) is 6.23 Å². The lowest BCUT2D eigenvalue weighted by molar-refractivity contribution is 0.0523. The number of nitrogens with one attached hydrogen (secondary N) is 1. The fourth-order valence-electron chi connectivity index (χ4n) is 1.59. The van der Waals surface area contributed by atoms with E-state index in [1.807, 2.05) is 20.8 Å². The third-order valence-corrected chi connectivity index (χ3v) is 3.30. The highest BCUT2D eigenvalue weighted by Crippen LogP contribution is 2.37. The van der Waals surface area contributed by atoms with Crippen LogP contribution in [0.1, 0.15) is 20.8 Å². The molecule has 1 aromatic rings. The molecule has 5 nitrogen and oxygen atoms in total. The number of hydrogen-bond acceptors (Lipinski definition) is 4. The van der Waals surface area contributed by atoms with E-state index in [9.17, 15) is 9.90 Å². The second-order valence-corrected chi connectivity index (χ2v) is 6.16. The summed E-state index contributed by atoms with van der Waals surface area (Å²) in [5.74, 6) is -0.158. The largest absolute Gasteiger partial charge is 0.506 e. The summed E-state index contributed by atoms with van der Waals surface area (Å²) in [7, 11) is 0. The van der Waals surface area contributed by atoms with E-state index in [0.29, 0.717) is 5.69 Å². The number of carbonyl (C=O) groups excluding carboxylic acids is 1. The molecule has 1 saturated heterocycles. The van der Waals surface area contributed by atoms with Crippen LogP contribution in [0.15, 0.2) is 12.1 Å². The number of anilines is 1. The molecule has 104 valence electrons. The van der Waals surface area contributed by atoms with Gasteiger partial charge in [-0.3, -0.25) is 0 Å². The van der Waals surface area contributed by atoms with E-state index >= 15 is 0 Å². The molecule has 1 heterocycles. The van der Waals surface area contributed by atoms with Crippen LogP contribution < -0.4 is 10.4 Å². The van der Waals surface area contributed by atoms with Crippen molar-refractivity contribution < 1.29 is 14.6 Å². The minimum absolute atomic E-state index is 0.119. The van der Waals surface area contributed by atoms with Crippen LogP contribution in [-0.4, -0.2) is 17.4 Å². The minimum atomic E-state index is -0.580. The molecule has 0 spiro atoms. The normalized spacial score (nSPS) is 19.7. The molecule has 1 aliphatic heterocycles. The van der Waals surface area contributed by atoms with Crippen LogP contribution in [0.5, 0.6) is 5.75 Å². The first-order valence-electron chi connectivity index (χ1n) is 5.65. The maximum Gasteiger partial charge on any atom is 0.430 e. The number of phenols is 1. The van der Waals surface area contributed by atoms with Crippen LogP contribution in [0.4, 0.5) is 10.5 Å². The van der Waals surface area contributed by atoms with Gasteiger partial charge in [0, 0.05) is 11.5 Å². The zero-order valence-electron chi connectivity index (χ0n) is 10.7. The van der Waals surface area contributed by atoms with Gasteiger partial charge in [-0.25, -0.2) is 9.80 Å². The van der Waals surface area contributed by atoms with Crippen molar-refractivity contribution in [3.05, 3.63) is 22.2 Å². The van der Waals surface area contributed by atoms with Crippen molar-refractivity contribution >= 4 is 35.0 Å². The van der Waals surface area contributed by atoms with Crippen molar-refractivity contribution in [2.75, 3.05) is 5.01 Å². The standard InChI is InChI=1S/C12H14Cl2N2O3/c1-12(2,3)10-15-16(11(18)19-10)8-5-9(17)7(14)4-6(8)13/h4-5,10,15,17H,1-3H3. The summed E-state index contributed by atoms with van der Waals surface area (Å²) in [4.78, 5) is 11.8. The molecule has 0 radical (unpaired) electrons. The Balaban J connectivity index is 2.33. The van der Waals surface area contributed by atoms with E-state index < -0.39 is 12.3 Å². The Labute approximate surface area is 121 Å². The van der Waals surface area contributed by atoms with Crippen LogP contribution in [-0.2, 0) is 4.74 Å². The summed E-state index contributed by atoms with van der Waals surface area (Å²) in [6.07, 6.45) is -1.06. The first-order chi connectivity index (χ1) is 8.70. The average molecular weight is 305 g/mol. The van der Waals surface area contributed by atoms with Gasteiger partial charge in [-0.2, -0.15) is 5.43 Å². The van der Waals surface area contributed by atoms with Gasteiger partial charge in [-0.1, -0.05) is 44.0 Å². The van der Waals surface area contributed by atoms with E-state index in [4.69, 9.17) is 27.9 Å². The molecule has 1 amide bonds. The van der Waals surface area contributed by atoms with Crippen LogP contribution in [0, 0.1) is 5.41 Å². The second kappa shape index (κ2) is 4.74. The van der Waals surface area contributed by atoms with Crippen LogP contribution in [0.3, 0.4) is 0 Å². The Morgan fingerprint density at radius 2 is 1.95 bits per heavy atom. The predicted octanol–water partition coefficient (Wildman–Crippen LogP) is 3.53. The van der Waals surface area contributed by atoms with Gasteiger partial charge in [0.25, 0.3) is 0 Å². The van der Waals surface area contributed by atoms with E-state index in [-0.39, 0.29) is 21.2 Å². The van der Waals surface area contributed by atoms with E-state index in [1.165, 1.54) is 12.1 Å². The molecule has 1 aliphatic rings. The fraction of sp³-hybridized carbons (Fsp3) is 0.417. The van der Waals surface area contributed by atoms with Crippen LogP contribution in [0.2, 0.25) is 10.0 Å². The Kier molecular flexibility index (Phi) is 3.55. The van der Waals surface area contributed by atoms with Crippen molar-refractivity contribution in [1.82, 2.24) is 5.43 Å². The molecular formula is C12H14Cl2N2O3. The van der Waals surface area contributed by atoms with Gasteiger partial charge in [0.1, 0.15) is 5.75 Å². The highest BCUT2D eigenvalue weighted by atomic mass is 35.5. The summed E-state index contributed by atoms with van der Waals surface area (Å²) in [5, 5.41) is 11.1. The Bertz CT molecular complexity index is 528. The van der Waals surface area contributed by atoms with Crippen molar-refractivity contribution in [1.29, 1.82) is 0 Å². The van der Waals surface area contributed by atoms with Gasteiger partial charge in [-0.15, -0.1) is 0 Å². The monoisotopic (exact) mass is 304 g/mol. The van der Waals surface area contributed by atoms with Crippen molar-refractivity contribution in [3.63, 3.8) is 0 Å². The van der Waals surface area contributed by atoms with E-state index in [2.05, 4.69) is 5.43 Å². The number of rotatable bonds is 1. The van der Waals surface area contributed by atoms with Crippen LogP contribution >= 0.6 is 23.2 Å². The molecular weight excluding hydrogens is 291 g/mol. The van der Waals surface area contributed by atoms with Crippen molar-refractivity contribution in [2.45, 2.75) is 27.0 Å². The SMILES string of the molecule is CC(C)(C)C1NN(c2cc(O)c(Cl)cc2Cl)C(=O)O1. The van der Waals surface area contributed by atoms with Gasteiger partial charge >= 0.3 is 6.09 Å². The number of hydrazine groups is 1. The number of cyclic esters (lactones) is 1. The fourth-order valence-corrected chi connectivity index (χ4v) is 2.05. The molecule has 0 aromatic heterocycles. The smallest absolute Gasteiger partial charge is 0.430 e. The molecule has 7 heteroatoms. The number of benzene rings is 1. The number of nitrogens with zero attached hydrogens (tertiary/aromatic N) is 1. The second-order valence-electron chi connectivity index (χ2n) is 5.35. The molecule has 2 rings (SSSR count). The molecule has 2 N–H and O–H groups in total. The Hall–Kier alpha value is -1.17. The summed E-state index contributed by atoms with van der Waals surface area (Å²) < 4.78 is 5.22. The number of hydrogen-bond donors (Lipinski definition) is 2. The van der Waals surface area contributed by atoms with Gasteiger partial charge in [-0.05, 0) is 6.07 Å². The topological polar surface area (TPSA) is 61.8 Å². The number of aromatic hydroxyl groups is 1. The number of halogens is 2. The van der Waals surface area contributed by atoms with E-state index in [0.717, 1.165) is 5.01 Å². The molecule has 1 unspecified atom stereocenters. The lowest BCUT2D eigenvalue weighted by Gasteiger charge is -2.25. The number of amides is 1. The summed E-state index contributed by atoms with van der Waals surface area (Å²) >= 11 is 11.8. The molecule has 19 heavy (non-hydrogen) atoms. The number of phenolic OH excluding ortho intramolecular Hbond substituents is 1. The summed E-state index contributed by atoms with van der Waals surface area (Å²) in [6, 6.07) is 2.68. The van der Waals surface area contributed by atoms with Crippen molar-refractivity contribution in [2.24, 2.45) is 5.41 Å². The molecule has 1 atom stereocenters. The summed E-state index contributed by atoms with van der Waals surface area (Å²) in [5.41, 5.74) is 2.93. The number of ether oxygens (including phenoxy) is 1. The maximum atomic E-state index is 11.8. The van der Waals surface area contributed by atoms with Gasteiger partial charge < -0.3 is 9.84 Å². The summed E-state index contributed by atoms with van der Waals surface area (Å²) in [6.45, 7) is 5.80. The molecule has 1 aromatic carbocycles. The Morgan fingerprint density at radius 1 is 1.32 bits per heavy atom. The lowest BCUT2D eigenvalue weighted by atomic mass is 9.95. The third kappa shape index (κ3) is 2.73. The zero-order chi connectivity index (χ0) is 14.4. The minimum Gasteiger partial charge on any atom is -0.506 e. The molecule has 1 fully saturated rings. The van der Waals surface area contributed by atoms with Gasteiger partial charge in [0.05, 0.1) is 15.7 Å². The highest BCUT2D eigenvalue weighted by molar-refractivity contribution is 6.37. The van der Waals surface area contributed by atoms with Crippen LogP contribution in [0.25, 0.3) is 0 Å². The third-order valence-electron chi connectivity index (χ3n) is 2.69. The van der Waals surface area contributed by atoms with Crippen molar-refractivity contribution in [3.8, 4) is 5.75 Å². The highest BCUT2D eigenvalue weighted by Gasteiger charge is 2.39. The average Bonchev–Trinajstić information content (AvgIpc) is 2.65. The number of carbonyl (C=O) groups is 1. The Morgan fingerprint density at radius 3 is 2.47 bits per heavy atom. The molecule has 0 aliphatic carbocycles.